The Hall–Kier alpha value is -2.11. The van der Waals surface area contributed by atoms with Crippen LogP contribution in [0, 0.1) is 0 Å². The molecule has 0 spiro atoms. The van der Waals surface area contributed by atoms with Gasteiger partial charge in [0.1, 0.15) is 24.4 Å². The molecule has 0 aromatic rings. The summed E-state index contributed by atoms with van der Waals surface area (Å²) in [4.78, 5) is 13.0. The molecule has 1 aliphatic rings. The van der Waals surface area contributed by atoms with Gasteiger partial charge in [-0.05, 0) is 77.0 Å². The predicted molar refractivity (Wildman–Crippen MR) is 272 cm³/mol. The number of unbranched alkanes of at least 4 members (excludes halogenated alkanes) is 27. The standard InChI is InChI=1S/C56H101NO8/c1-3-5-7-9-11-13-15-17-19-21-23-24-25-26-27-28-29-31-33-35-37-39-41-43-45-50(59)49(48-64-56-55(63)54(62)53(61)51(47-58)65-56)57-52(60)46-44-42-40-38-36-34-32-30-22-20-18-16-14-12-10-8-6-4-2/h14,16,20,22,28-29,35,37,43,45,49-51,53-56,58-59,61-63H,3-13,15,17-19,21,23-27,30-34,36,38-42,44,46-48H2,1-2H3,(H,57,60)/b16-14-,22-20-,29-28+,37-35+,45-43+. The number of allylic oxidation sites excluding steroid dienone is 9. The smallest absolute Gasteiger partial charge is 0.220 e. The van der Waals surface area contributed by atoms with E-state index in [4.69, 9.17) is 9.47 Å². The van der Waals surface area contributed by atoms with Crippen LogP contribution in [0.25, 0.3) is 0 Å². The molecule has 0 saturated carbocycles. The molecule has 0 aliphatic carbocycles. The summed E-state index contributed by atoms with van der Waals surface area (Å²) in [6.45, 7) is 3.74. The summed E-state index contributed by atoms with van der Waals surface area (Å²) in [5.41, 5.74) is 0. The molecule has 0 radical (unpaired) electrons. The second-order valence-corrected chi connectivity index (χ2v) is 18.6. The van der Waals surface area contributed by atoms with Crippen LogP contribution in [0.3, 0.4) is 0 Å². The fourth-order valence-electron chi connectivity index (χ4n) is 8.22. The Labute approximate surface area is 398 Å². The SMILES string of the molecule is CCCCCC/C=C\C/C=C\CCCCCCCCCC(=O)NC(COC1OC(CO)C(O)C(O)C1O)C(O)/C=C/CC/C=C/CC/C=C/CCCCCCCCCCCCCCCC. The van der Waals surface area contributed by atoms with Crippen molar-refractivity contribution in [3.8, 4) is 0 Å². The average Bonchev–Trinajstić information content (AvgIpc) is 3.31. The molecule has 1 amide bonds. The number of hydrogen-bond donors (Lipinski definition) is 6. The van der Waals surface area contributed by atoms with Crippen LogP contribution in [-0.2, 0) is 14.3 Å². The van der Waals surface area contributed by atoms with Gasteiger partial charge >= 0.3 is 0 Å². The quantitative estimate of drug-likeness (QED) is 0.0261. The number of aliphatic hydroxyl groups is 5. The Bertz CT molecular complexity index is 1200. The maximum Gasteiger partial charge on any atom is 0.220 e. The summed E-state index contributed by atoms with van der Waals surface area (Å²) in [6, 6.07) is -0.835. The molecule has 7 unspecified atom stereocenters. The zero-order valence-corrected chi connectivity index (χ0v) is 41.7. The van der Waals surface area contributed by atoms with Gasteiger partial charge in [-0.1, -0.05) is 209 Å². The number of carbonyl (C=O) groups excluding carboxylic acids is 1. The first-order valence-corrected chi connectivity index (χ1v) is 27.0. The maximum atomic E-state index is 13.0. The molecule has 1 heterocycles. The van der Waals surface area contributed by atoms with Gasteiger partial charge in [0.05, 0.1) is 25.4 Å². The van der Waals surface area contributed by atoms with Gasteiger partial charge in [-0.15, -0.1) is 0 Å². The largest absolute Gasteiger partial charge is 0.394 e. The lowest BCUT2D eigenvalue weighted by molar-refractivity contribution is -0.302. The Morgan fingerprint density at radius 2 is 0.923 bits per heavy atom. The highest BCUT2D eigenvalue weighted by Gasteiger charge is 2.44. The van der Waals surface area contributed by atoms with Gasteiger partial charge < -0.3 is 40.3 Å². The number of carbonyl (C=O) groups is 1. The van der Waals surface area contributed by atoms with E-state index in [2.05, 4.69) is 67.8 Å². The van der Waals surface area contributed by atoms with Gasteiger partial charge in [0, 0.05) is 6.42 Å². The number of hydrogen-bond acceptors (Lipinski definition) is 8. The van der Waals surface area contributed by atoms with E-state index in [-0.39, 0.29) is 12.5 Å². The third kappa shape index (κ3) is 35.7. The molecule has 0 aromatic heterocycles. The molecule has 6 N–H and O–H groups in total. The first-order valence-electron chi connectivity index (χ1n) is 27.0. The van der Waals surface area contributed by atoms with Crippen molar-refractivity contribution >= 4 is 5.91 Å². The lowest BCUT2D eigenvalue weighted by atomic mass is 9.99. The molecule has 1 rings (SSSR count). The summed E-state index contributed by atoms with van der Waals surface area (Å²) >= 11 is 0. The number of rotatable bonds is 45. The first-order chi connectivity index (χ1) is 31.8. The van der Waals surface area contributed by atoms with Crippen molar-refractivity contribution < 1.29 is 39.8 Å². The highest BCUT2D eigenvalue weighted by Crippen LogP contribution is 2.23. The maximum absolute atomic E-state index is 13.0. The number of nitrogens with one attached hydrogen (secondary N) is 1. The molecular weight excluding hydrogens is 815 g/mol. The number of amides is 1. The molecule has 1 saturated heterocycles. The molecule has 1 aliphatic heterocycles. The summed E-state index contributed by atoms with van der Waals surface area (Å²) in [5.74, 6) is -0.199. The molecule has 9 nitrogen and oxygen atoms in total. The zero-order chi connectivity index (χ0) is 47.3. The summed E-state index contributed by atoms with van der Waals surface area (Å²) in [6.07, 6.45) is 54.2. The Morgan fingerprint density at radius 1 is 0.523 bits per heavy atom. The van der Waals surface area contributed by atoms with E-state index in [1.807, 2.05) is 6.08 Å². The van der Waals surface area contributed by atoms with Gasteiger partial charge in [-0.25, -0.2) is 0 Å². The van der Waals surface area contributed by atoms with Crippen LogP contribution in [0.1, 0.15) is 232 Å². The Morgan fingerprint density at radius 3 is 1.40 bits per heavy atom. The Kier molecular flexibility index (Phi) is 42.8. The van der Waals surface area contributed by atoms with Crippen molar-refractivity contribution in [2.45, 2.75) is 275 Å². The van der Waals surface area contributed by atoms with Crippen LogP contribution in [-0.4, -0.2) is 87.5 Å². The molecular formula is C56H101NO8. The van der Waals surface area contributed by atoms with Crippen molar-refractivity contribution in [1.82, 2.24) is 5.32 Å². The second-order valence-electron chi connectivity index (χ2n) is 18.6. The molecule has 0 aromatic carbocycles. The summed E-state index contributed by atoms with van der Waals surface area (Å²) in [5, 5.41) is 54.4. The van der Waals surface area contributed by atoms with Crippen molar-refractivity contribution in [3.05, 3.63) is 60.8 Å². The van der Waals surface area contributed by atoms with Crippen LogP contribution in [0.15, 0.2) is 60.8 Å². The monoisotopic (exact) mass is 916 g/mol. The predicted octanol–water partition coefficient (Wildman–Crippen LogP) is 12.7. The third-order valence-electron chi connectivity index (χ3n) is 12.5. The van der Waals surface area contributed by atoms with E-state index in [1.165, 1.54) is 148 Å². The van der Waals surface area contributed by atoms with E-state index in [0.717, 1.165) is 64.2 Å². The van der Waals surface area contributed by atoms with E-state index >= 15 is 0 Å². The van der Waals surface area contributed by atoms with Crippen molar-refractivity contribution in [3.63, 3.8) is 0 Å². The molecule has 9 heteroatoms. The minimum absolute atomic E-state index is 0.199. The molecule has 1 fully saturated rings. The number of aliphatic hydroxyl groups excluding tert-OH is 5. The van der Waals surface area contributed by atoms with Crippen molar-refractivity contribution in [1.29, 1.82) is 0 Å². The fraction of sp³-hybridized carbons (Fsp3) is 0.804. The van der Waals surface area contributed by atoms with Gasteiger partial charge in [0.2, 0.25) is 5.91 Å². The highest BCUT2D eigenvalue weighted by molar-refractivity contribution is 5.76. The Balaban J connectivity index is 2.32. The molecule has 0 bridgehead atoms. The fourth-order valence-corrected chi connectivity index (χ4v) is 8.22. The van der Waals surface area contributed by atoms with Crippen molar-refractivity contribution in [2.24, 2.45) is 0 Å². The van der Waals surface area contributed by atoms with Crippen LogP contribution in [0.2, 0.25) is 0 Å². The van der Waals surface area contributed by atoms with Crippen LogP contribution in [0.5, 0.6) is 0 Å². The second kappa shape index (κ2) is 45.7. The molecule has 65 heavy (non-hydrogen) atoms. The van der Waals surface area contributed by atoms with Crippen molar-refractivity contribution in [2.75, 3.05) is 13.2 Å². The molecule has 7 atom stereocenters. The van der Waals surface area contributed by atoms with E-state index in [9.17, 15) is 30.3 Å². The topological polar surface area (TPSA) is 149 Å². The summed E-state index contributed by atoms with van der Waals surface area (Å²) in [7, 11) is 0. The van der Waals surface area contributed by atoms with Crippen LogP contribution < -0.4 is 5.32 Å². The van der Waals surface area contributed by atoms with E-state index in [0.29, 0.717) is 6.42 Å². The van der Waals surface area contributed by atoms with E-state index in [1.54, 1.807) is 6.08 Å². The van der Waals surface area contributed by atoms with Crippen LogP contribution >= 0.6 is 0 Å². The summed E-state index contributed by atoms with van der Waals surface area (Å²) < 4.78 is 11.2. The molecule has 378 valence electrons. The van der Waals surface area contributed by atoms with Crippen LogP contribution in [0.4, 0.5) is 0 Å². The third-order valence-corrected chi connectivity index (χ3v) is 12.5. The zero-order valence-electron chi connectivity index (χ0n) is 41.7. The normalized spacial score (nSPS) is 20.4. The first kappa shape index (κ1) is 60.9. The average molecular weight is 916 g/mol. The highest BCUT2D eigenvalue weighted by atomic mass is 16.7. The minimum Gasteiger partial charge on any atom is -0.394 e. The van der Waals surface area contributed by atoms with Gasteiger partial charge in [0.15, 0.2) is 6.29 Å². The van der Waals surface area contributed by atoms with Gasteiger partial charge in [-0.2, -0.15) is 0 Å². The van der Waals surface area contributed by atoms with E-state index < -0.39 is 49.5 Å². The lowest BCUT2D eigenvalue weighted by Crippen LogP contribution is -2.60. The minimum atomic E-state index is -1.58. The number of ether oxygens (including phenoxy) is 2. The van der Waals surface area contributed by atoms with Gasteiger partial charge in [0.25, 0.3) is 0 Å². The lowest BCUT2D eigenvalue weighted by Gasteiger charge is -2.40. The van der Waals surface area contributed by atoms with Gasteiger partial charge in [-0.3, -0.25) is 4.79 Å².